The molecular weight excluding hydrogens is 252 g/mol. The molecule has 104 valence electrons. The summed E-state index contributed by atoms with van der Waals surface area (Å²) in [6, 6.07) is 7.57. The average molecular weight is 270 g/mol. The monoisotopic (exact) mass is 270 g/mol. The molecule has 2 N–H and O–H groups in total. The van der Waals surface area contributed by atoms with Crippen molar-refractivity contribution in [3.63, 3.8) is 0 Å². The van der Waals surface area contributed by atoms with E-state index in [1.54, 1.807) is 16.8 Å². The quantitative estimate of drug-likeness (QED) is 0.928. The lowest BCUT2D eigenvalue weighted by atomic mass is 10.1. The van der Waals surface area contributed by atoms with E-state index in [0.29, 0.717) is 22.9 Å². The molecule has 5 nitrogen and oxygen atoms in total. The van der Waals surface area contributed by atoms with E-state index in [9.17, 15) is 0 Å². The van der Waals surface area contributed by atoms with Gasteiger partial charge in [-0.1, -0.05) is 6.07 Å². The van der Waals surface area contributed by atoms with Crippen molar-refractivity contribution in [1.82, 2.24) is 9.78 Å². The average Bonchev–Trinajstić information content (AvgIpc) is 2.69. The third-order valence-corrected chi connectivity index (χ3v) is 3.10. The highest BCUT2D eigenvalue weighted by molar-refractivity contribution is 5.55. The Morgan fingerprint density at radius 2 is 2.05 bits per heavy atom. The molecule has 0 aliphatic carbocycles. The highest BCUT2D eigenvalue weighted by Gasteiger charge is 2.17. The number of nitriles is 1. The van der Waals surface area contributed by atoms with Crippen LogP contribution in [-0.4, -0.2) is 9.78 Å². The predicted molar refractivity (Wildman–Crippen MR) is 77.7 cm³/mol. The van der Waals surface area contributed by atoms with Crippen LogP contribution in [0.5, 0.6) is 11.6 Å². The SMILES string of the molecule is Cc1ccc(C#N)cc1Oc1c(N)c(C)nn1C(C)C. The lowest BCUT2D eigenvalue weighted by molar-refractivity contribution is 0.388. The van der Waals surface area contributed by atoms with Gasteiger partial charge in [-0.2, -0.15) is 10.4 Å². The van der Waals surface area contributed by atoms with Crippen molar-refractivity contribution >= 4 is 5.69 Å². The number of hydrogen-bond acceptors (Lipinski definition) is 4. The van der Waals surface area contributed by atoms with E-state index in [1.807, 2.05) is 33.8 Å². The minimum Gasteiger partial charge on any atom is -0.437 e. The van der Waals surface area contributed by atoms with E-state index >= 15 is 0 Å². The van der Waals surface area contributed by atoms with Gasteiger partial charge in [0.1, 0.15) is 11.4 Å². The smallest absolute Gasteiger partial charge is 0.241 e. The lowest BCUT2D eigenvalue weighted by Crippen LogP contribution is -2.06. The zero-order valence-corrected chi connectivity index (χ0v) is 12.1. The van der Waals surface area contributed by atoms with Crippen LogP contribution in [0.1, 0.15) is 36.7 Å². The molecule has 0 fully saturated rings. The molecule has 1 aromatic heterocycles. The van der Waals surface area contributed by atoms with Crippen LogP contribution in [0.2, 0.25) is 0 Å². The summed E-state index contributed by atoms with van der Waals surface area (Å²) in [5.41, 5.74) is 8.80. The number of nitrogens with zero attached hydrogens (tertiary/aromatic N) is 3. The minimum atomic E-state index is 0.139. The fourth-order valence-electron chi connectivity index (χ4n) is 1.87. The summed E-state index contributed by atoms with van der Waals surface area (Å²) in [7, 11) is 0. The molecule has 1 aromatic carbocycles. The number of benzene rings is 1. The number of rotatable bonds is 3. The van der Waals surface area contributed by atoms with Gasteiger partial charge in [-0.05, 0) is 45.4 Å². The molecule has 0 bridgehead atoms. The van der Waals surface area contributed by atoms with Gasteiger partial charge < -0.3 is 10.5 Å². The lowest BCUT2D eigenvalue weighted by Gasteiger charge is -2.13. The second-order valence-electron chi connectivity index (χ2n) is 5.04. The highest BCUT2D eigenvalue weighted by atomic mass is 16.5. The number of ether oxygens (including phenoxy) is 1. The molecule has 2 aromatic rings. The second kappa shape index (κ2) is 5.25. The van der Waals surface area contributed by atoms with Gasteiger partial charge in [-0.25, -0.2) is 4.68 Å². The van der Waals surface area contributed by atoms with Gasteiger partial charge >= 0.3 is 0 Å². The summed E-state index contributed by atoms with van der Waals surface area (Å²) in [5, 5.41) is 13.4. The first-order chi connectivity index (χ1) is 9.43. The number of aromatic nitrogens is 2. The first-order valence-electron chi connectivity index (χ1n) is 6.47. The number of nitrogen functional groups attached to an aromatic ring is 1. The van der Waals surface area contributed by atoms with Crippen molar-refractivity contribution in [3.8, 4) is 17.7 Å². The summed E-state index contributed by atoms with van der Waals surface area (Å²) in [4.78, 5) is 0. The maximum absolute atomic E-state index is 8.97. The Morgan fingerprint density at radius 1 is 1.35 bits per heavy atom. The van der Waals surface area contributed by atoms with E-state index in [4.69, 9.17) is 15.7 Å². The first-order valence-corrected chi connectivity index (χ1v) is 6.47. The van der Waals surface area contributed by atoms with Crippen LogP contribution < -0.4 is 10.5 Å². The number of anilines is 1. The molecule has 5 heteroatoms. The Kier molecular flexibility index (Phi) is 3.66. The zero-order valence-electron chi connectivity index (χ0n) is 12.1. The Hall–Kier alpha value is -2.48. The first kappa shape index (κ1) is 13.9. The van der Waals surface area contributed by atoms with Gasteiger partial charge in [0.2, 0.25) is 5.88 Å². The molecule has 0 spiro atoms. The molecule has 0 amide bonds. The van der Waals surface area contributed by atoms with E-state index in [1.165, 1.54) is 0 Å². The third kappa shape index (κ3) is 2.45. The van der Waals surface area contributed by atoms with Gasteiger partial charge in [0.05, 0.1) is 23.4 Å². The van der Waals surface area contributed by atoms with Crippen LogP contribution in [-0.2, 0) is 0 Å². The fraction of sp³-hybridized carbons (Fsp3) is 0.333. The summed E-state index contributed by atoms with van der Waals surface area (Å²) in [5.74, 6) is 1.15. The van der Waals surface area contributed by atoms with Crippen molar-refractivity contribution in [2.45, 2.75) is 33.7 Å². The maximum Gasteiger partial charge on any atom is 0.241 e. The van der Waals surface area contributed by atoms with Gasteiger partial charge in [-0.15, -0.1) is 0 Å². The van der Waals surface area contributed by atoms with Crippen LogP contribution in [0.3, 0.4) is 0 Å². The van der Waals surface area contributed by atoms with E-state index < -0.39 is 0 Å². The summed E-state index contributed by atoms with van der Waals surface area (Å²) >= 11 is 0. The van der Waals surface area contributed by atoms with Crippen molar-refractivity contribution in [3.05, 3.63) is 35.0 Å². The van der Waals surface area contributed by atoms with Crippen molar-refractivity contribution in [2.75, 3.05) is 5.73 Å². The van der Waals surface area contributed by atoms with Gasteiger partial charge in [0.15, 0.2) is 0 Å². The molecular formula is C15H18N4O. The summed E-state index contributed by atoms with van der Waals surface area (Å²) in [6.45, 7) is 7.80. The Bertz CT molecular complexity index is 680. The molecule has 20 heavy (non-hydrogen) atoms. The van der Waals surface area contributed by atoms with E-state index in [0.717, 1.165) is 11.3 Å². The third-order valence-electron chi connectivity index (χ3n) is 3.10. The maximum atomic E-state index is 8.97. The molecule has 1 heterocycles. The molecule has 0 aliphatic heterocycles. The highest BCUT2D eigenvalue weighted by Crippen LogP contribution is 2.33. The van der Waals surface area contributed by atoms with Crippen LogP contribution in [0, 0.1) is 25.2 Å². The molecule has 0 saturated carbocycles. The standard InChI is InChI=1S/C15H18N4O/c1-9(2)19-15(14(17)11(4)18-19)20-13-7-12(8-16)6-5-10(13)3/h5-7,9H,17H2,1-4H3. The Labute approximate surface area is 118 Å². The molecule has 0 atom stereocenters. The summed E-state index contributed by atoms with van der Waals surface area (Å²) in [6.07, 6.45) is 0. The molecule has 0 radical (unpaired) electrons. The number of nitrogens with two attached hydrogens (primary N) is 1. The van der Waals surface area contributed by atoms with Gasteiger partial charge in [0.25, 0.3) is 0 Å². The number of aryl methyl sites for hydroxylation is 2. The zero-order chi connectivity index (χ0) is 14.9. The molecule has 2 rings (SSSR count). The van der Waals surface area contributed by atoms with Crippen molar-refractivity contribution < 1.29 is 4.74 Å². The predicted octanol–water partition coefficient (Wildman–Crippen LogP) is 3.33. The van der Waals surface area contributed by atoms with E-state index in [2.05, 4.69) is 11.2 Å². The minimum absolute atomic E-state index is 0.139. The molecule has 0 saturated heterocycles. The van der Waals surface area contributed by atoms with Crippen molar-refractivity contribution in [1.29, 1.82) is 5.26 Å². The largest absolute Gasteiger partial charge is 0.437 e. The van der Waals surface area contributed by atoms with Crippen LogP contribution >= 0.6 is 0 Å². The topological polar surface area (TPSA) is 76.9 Å². The van der Waals surface area contributed by atoms with Gasteiger partial charge in [0, 0.05) is 0 Å². The Morgan fingerprint density at radius 3 is 2.65 bits per heavy atom. The normalized spacial score (nSPS) is 10.6. The molecule has 0 unspecified atom stereocenters. The van der Waals surface area contributed by atoms with E-state index in [-0.39, 0.29) is 6.04 Å². The molecule has 0 aliphatic rings. The van der Waals surface area contributed by atoms with Crippen LogP contribution in [0.4, 0.5) is 5.69 Å². The number of hydrogen-bond donors (Lipinski definition) is 1. The van der Waals surface area contributed by atoms with Gasteiger partial charge in [-0.3, -0.25) is 0 Å². The fourth-order valence-corrected chi connectivity index (χ4v) is 1.87. The van der Waals surface area contributed by atoms with Crippen molar-refractivity contribution in [2.24, 2.45) is 0 Å². The van der Waals surface area contributed by atoms with Crippen LogP contribution in [0.25, 0.3) is 0 Å². The van der Waals surface area contributed by atoms with Crippen LogP contribution in [0.15, 0.2) is 18.2 Å². The Balaban J connectivity index is 2.47. The second-order valence-corrected chi connectivity index (χ2v) is 5.04. The summed E-state index contributed by atoms with van der Waals surface area (Å²) < 4.78 is 7.67.